The summed E-state index contributed by atoms with van der Waals surface area (Å²) in [6.45, 7) is 3.42. The van der Waals surface area contributed by atoms with Crippen molar-refractivity contribution in [2.24, 2.45) is 5.92 Å². The van der Waals surface area contributed by atoms with Crippen LogP contribution in [0.3, 0.4) is 0 Å². The number of carbonyl (C=O) groups is 1. The first-order valence-corrected chi connectivity index (χ1v) is 12.0. The highest BCUT2D eigenvalue weighted by Crippen LogP contribution is 2.30. The van der Waals surface area contributed by atoms with Crippen LogP contribution >= 0.6 is 0 Å². The second-order valence-electron chi connectivity index (χ2n) is 9.26. The van der Waals surface area contributed by atoms with Crippen LogP contribution in [0.5, 0.6) is 11.5 Å². The lowest BCUT2D eigenvalue weighted by molar-refractivity contribution is -0.147. The van der Waals surface area contributed by atoms with Crippen molar-refractivity contribution in [2.45, 2.75) is 63.6 Å². The van der Waals surface area contributed by atoms with E-state index in [1.165, 1.54) is 39.2 Å². The van der Waals surface area contributed by atoms with Crippen molar-refractivity contribution in [3.8, 4) is 11.5 Å². The number of ether oxygens (including phenoxy) is 3. The summed E-state index contributed by atoms with van der Waals surface area (Å²) in [6.07, 6.45) is 7.47. The number of esters is 1. The Labute approximate surface area is 192 Å². The highest BCUT2D eigenvalue weighted by atomic mass is 16.5. The van der Waals surface area contributed by atoms with Crippen LogP contribution in [0.15, 0.2) is 18.2 Å². The molecule has 7 nitrogen and oxygen atoms in total. The molecule has 180 valence electrons. The molecule has 0 unspecified atom stereocenters. The molecule has 1 atom stereocenters. The molecule has 7 heteroatoms. The third kappa shape index (κ3) is 7.09. The molecule has 1 N–H and O–H groups in total. The van der Waals surface area contributed by atoms with Crippen LogP contribution in [0, 0.1) is 5.92 Å². The maximum atomic E-state index is 11.7. The summed E-state index contributed by atoms with van der Waals surface area (Å²) in [6, 6.07) is 6.55. The molecule has 1 saturated heterocycles. The number of aliphatic hydroxyl groups is 1. The van der Waals surface area contributed by atoms with Gasteiger partial charge in [-0.1, -0.05) is 25.3 Å². The molecule has 0 spiro atoms. The number of methoxy groups -OCH3 is 2. The first-order chi connectivity index (χ1) is 15.5. The van der Waals surface area contributed by atoms with E-state index in [2.05, 4.69) is 16.8 Å². The largest absolute Gasteiger partial charge is 0.493 e. The Morgan fingerprint density at radius 1 is 1.12 bits per heavy atom. The molecule has 1 aromatic carbocycles. The van der Waals surface area contributed by atoms with Crippen LogP contribution in [-0.4, -0.2) is 80.5 Å². The summed E-state index contributed by atoms with van der Waals surface area (Å²) >= 11 is 0. The van der Waals surface area contributed by atoms with Crippen molar-refractivity contribution in [1.29, 1.82) is 0 Å². The molecule has 1 saturated carbocycles. The first-order valence-electron chi connectivity index (χ1n) is 12.0. The number of aliphatic hydroxyl groups excluding tert-OH is 1. The van der Waals surface area contributed by atoms with E-state index in [1.54, 1.807) is 7.11 Å². The average Bonchev–Trinajstić information content (AvgIpc) is 2.83. The third-order valence-electron chi connectivity index (χ3n) is 6.88. The SMILES string of the molecule is COC(=O)C1CCN(Cc2ccc(OC[C@H](O)CN(C)C3CCCCC3)c(OC)c2)CC1. The second-order valence-corrected chi connectivity index (χ2v) is 9.26. The highest BCUT2D eigenvalue weighted by molar-refractivity contribution is 5.72. The predicted molar refractivity (Wildman–Crippen MR) is 124 cm³/mol. The molecule has 0 aromatic heterocycles. The topological polar surface area (TPSA) is 71.5 Å². The fourth-order valence-corrected chi connectivity index (χ4v) is 4.92. The van der Waals surface area contributed by atoms with Crippen LogP contribution in [0.1, 0.15) is 50.5 Å². The summed E-state index contributed by atoms with van der Waals surface area (Å²) in [4.78, 5) is 16.3. The zero-order valence-electron chi connectivity index (χ0n) is 19.9. The number of piperidine rings is 1. The van der Waals surface area contributed by atoms with E-state index in [0.717, 1.165) is 38.0 Å². The monoisotopic (exact) mass is 448 g/mol. The van der Waals surface area contributed by atoms with Gasteiger partial charge in [-0.15, -0.1) is 0 Å². The molecule has 2 aliphatic rings. The lowest BCUT2D eigenvalue weighted by Crippen LogP contribution is -2.40. The Balaban J connectivity index is 1.47. The van der Waals surface area contributed by atoms with E-state index < -0.39 is 6.10 Å². The van der Waals surface area contributed by atoms with Gasteiger partial charge in [0.25, 0.3) is 0 Å². The molecular formula is C25H40N2O5. The Hall–Kier alpha value is -1.83. The minimum Gasteiger partial charge on any atom is -0.493 e. The van der Waals surface area contributed by atoms with E-state index in [0.29, 0.717) is 24.1 Å². The van der Waals surface area contributed by atoms with Crippen LogP contribution < -0.4 is 9.47 Å². The van der Waals surface area contributed by atoms with Gasteiger partial charge in [0.1, 0.15) is 12.7 Å². The van der Waals surface area contributed by atoms with E-state index in [1.807, 2.05) is 18.2 Å². The quantitative estimate of drug-likeness (QED) is 0.552. The van der Waals surface area contributed by atoms with Gasteiger partial charge in [0.05, 0.1) is 20.1 Å². The Morgan fingerprint density at radius 3 is 2.50 bits per heavy atom. The lowest BCUT2D eigenvalue weighted by atomic mass is 9.94. The molecule has 0 bridgehead atoms. The van der Waals surface area contributed by atoms with E-state index in [9.17, 15) is 9.90 Å². The van der Waals surface area contributed by atoms with Gasteiger partial charge in [0.2, 0.25) is 0 Å². The smallest absolute Gasteiger partial charge is 0.308 e. The normalized spacial score (nSPS) is 19.7. The lowest BCUT2D eigenvalue weighted by Gasteiger charge is -2.32. The molecule has 0 radical (unpaired) electrons. The van der Waals surface area contributed by atoms with Crippen LogP contribution in [0.4, 0.5) is 0 Å². The van der Waals surface area contributed by atoms with Gasteiger partial charge in [-0.05, 0) is 63.5 Å². The number of nitrogens with zero attached hydrogens (tertiary/aromatic N) is 2. The van der Waals surface area contributed by atoms with Crippen LogP contribution in [-0.2, 0) is 16.1 Å². The minimum absolute atomic E-state index is 0.0187. The first kappa shape index (κ1) is 24.8. The summed E-state index contributed by atoms with van der Waals surface area (Å²) in [5.74, 6) is 1.25. The molecule has 1 heterocycles. The van der Waals surface area contributed by atoms with Crippen molar-refractivity contribution >= 4 is 5.97 Å². The molecule has 1 aliphatic carbocycles. The Kier molecular flexibility index (Phi) is 9.63. The van der Waals surface area contributed by atoms with Gasteiger partial charge in [-0.2, -0.15) is 0 Å². The van der Waals surface area contributed by atoms with E-state index >= 15 is 0 Å². The van der Waals surface area contributed by atoms with Gasteiger partial charge >= 0.3 is 5.97 Å². The summed E-state index contributed by atoms with van der Waals surface area (Å²) < 4.78 is 16.3. The zero-order chi connectivity index (χ0) is 22.9. The van der Waals surface area contributed by atoms with Gasteiger partial charge < -0.3 is 24.2 Å². The summed E-state index contributed by atoms with van der Waals surface area (Å²) in [5.41, 5.74) is 1.14. The van der Waals surface area contributed by atoms with Gasteiger partial charge in [0.15, 0.2) is 11.5 Å². The number of carbonyl (C=O) groups excluding carboxylic acids is 1. The number of benzene rings is 1. The number of likely N-dealkylation sites (N-methyl/N-ethyl adjacent to an activating group) is 1. The third-order valence-corrected chi connectivity index (χ3v) is 6.88. The summed E-state index contributed by atoms with van der Waals surface area (Å²) in [5, 5.41) is 10.5. The van der Waals surface area contributed by atoms with Crippen molar-refractivity contribution in [1.82, 2.24) is 9.80 Å². The van der Waals surface area contributed by atoms with Crippen LogP contribution in [0.2, 0.25) is 0 Å². The van der Waals surface area contributed by atoms with Crippen molar-refractivity contribution in [2.75, 3.05) is 47.5 Å². The minimum atomic E-state index is -0.539. The predicted octanol–water partition coefficient (Wildman–Crippen LogP) is 3.08. The molecule has 1 aromatic rings. The highest BCUT2D eigenvalue weighted by Gasteiger charge is 2.26. The fraction of sp³-hybridized carbons (Fsp3) is 0.720. The van der Waals surface area contributed by atoms with Gasteiger partial charge in [0, 0.05) is 19.1 Å². The molecule has 2 fully saturated rings. The van der Waals surface area contributed by atoms with E-state index in [4.69, 9.17) is 14.2 Å². The Morgan fingerprint density at radius 2 is 1.84 bits per heavy atom. The standard InChI is InChI=1S/C25H40N2O5/c1-26(21-7-5-4-6-8-21)17-22(28)18-32-23-10-9-19(15-24(23)30-2)16-27-13-11-20(12-14-27)25(29)31-3/h9-10,15,20-22,28H,4-8,11-14,16-18H2,1-3H3/t22-/m1/s1. The van der Waals surface area contributed by atoms with E-state index in [-0.39, 0.29) is 18.5 Å². The molecule has 0 amide bonds. The molecule has 1 aliphatic heterocycles. The summed E-state index contributed by atoms with van der Waals surface area (Å²) in [7, 11) is 5.20. The maximum absolute atomic E-state index is 11.7. The van der Waals surface area contributed by atoms with Crippen molar-refractivity contribution in [3.05, 3.63) is 23.8 Å². The average molecular weight is 449 g/mol. The number of rotatable bonds is 10. The number of hydrogen-bond acceptors (Lipinski definition) is 7. The molecule has 32 heavy (non-hydrogen) atoms. The maximum Gasteiger partial charge on any atom is 0.308 e. The molecular weight excluding hydrogens is 408 g/mol. The van der Waals surface area contributed by atoms with Crippen molar-refractivity contribution < 1.29 is 24.1 Å². The fourth-order valence-electron chi connectivity index (χ4n) is 4.92. The number of likely N-dealkylation sites (tertiary alicyclic amines) is 1. The number of hydrogen-bond donors (Lipinski definition) is 1. The van der Waals surface area contributed by atoms with Crippen molar-refractivity contribution in [3.63, 3.8) is 0 Å². The Bertz CT molecular complexity index is 714. The molecule has 3 rings (SSSR count). The van der Waals surface area contributed by atoms with Crippen LogP contribution in [0.25, 0.3) is 0 Å². The zero-order valence-corrected chi connectivity index (χ0v) is 19.9. The second kappa shape index (κ2) is 12.4. The van der Waals surface area contributed by atoms with Gasteiger partial charge in [-0.3, -0.25) is 9.69 Å². The van der Waals surface area contributed by atoms with Gasteiger partial charge in [-0.25, -0.2) is 0 Å².